The van der Waals surface area contributed by atoms with Crippen LogP contribution in [0.5, 0.6) is 0 Å². The molecule has 0 saturated carbocycles. The lowest BCUT2D eigenvalue weighted by Gasteiger charge is -2.46. The number of hydrogen-bond acceptors (Lipinski definition) is 21. The lowest BCUT2D eigenvalue weighted by atomic mass is 11.9. The van der Waals surface area contributed by atoms with Crippen molar-refractivity contribution < 1.29 is 86.4 Å². The molecule has 504 valence electrons. The molecule has 0 aromatic rings. The lowest BCUT2D eigenvalue weighted by Crippen LogP contribution is -2.64. The lowest BCUT2D eigenvalue weighted by molar-refractivity contribution is 0.236. The van der Waals surface area contributed by atoms with Crippen molar-refractivity contribution in [3.05, 3.63) is 0 Å². The average molecular weight is 1560 g/mol. The molecule has 3 saturated heterocycles. The Balaban J connectivity index is 0.000000636. The van der Waals surface area contributed by atoms with E-state index in [1.807, 2.05) is 0 Å². The van der Waals surface area contributed by atoms with E-state index in [0.29, 0.717) is 0 Å². The van der Waals surface area contributed by atoms with Gasteiger partial charge in [0.05, 0.1) is 0 Å². The maximum atomic E-state index is 6.60. The first kappa shape index (κ1) is 85.7. The molecule has 0 aliphatic carbocycles. The van der Waals surface area contributed by atoms with Crippen molar-refractivity contribution >= 4 is 180 Å². The van der Waals surface area contributed by atoms with Crippen molar-refractivity contribution in [2.24, 2.45) is 0 Å². The largest absolute Gasteiger partial charge is 0.416 e. The molecular formula is C42H126O21Si21. The normalized spacial score (nSPS) is 31.5. The fourth-order valence-electron chi connectivity index (χ4n) is 12.9. The van der Waals surface area contributed by atoms with Crippen LogP contribution < -0.4 is 0 Å². The van der Waals surface area contributed by atoms with Crippen LogP contribution in [0.2, 0.25) is 275 Å². The van der Waals surface area contributed by atoms with Crippen LogP contribution in [-0.4, -0.2) is 180 Å². The van der Waals surface area contributed by atoms with Gasteiger partial charge >= 0.3 is 180 Å². The second-order valence-electron chi connectivity index (χ2n) is 31.5. The van der Waals surface area contributed by atoms with E-state index in [1.165, 1.54) is 0 Å². The molecule has 21 nitrogen and oxygen atoms in total. The molecule has 0 radical (unpaired) electrons. The van der Waals surface area contributed by atoms with Gasteiger partial charge in [0.15, 0.2) is 0 Å². The van der Waals surface area contributed by atoms with Crippen LogP contribution >= 0.6 is 0 Å². The molecule has 0 unspecified atom stereocenters. The Kier molecular flexibility index (Phi) is 28.6. The zero-order valence-corrected chi connectivity index (χ0v) is 82.1. The Bertz CT molecular complexity index is 1660. The summed E-state index contributed by atoms with van der Waals surface area (Å²) < 4.78 is 137. The van der Waals surface area contributed by atoms with E-state index < -0.39 is 180 Å². The van der Waals surface area contributed by atoms with E-state index in [4.69, 9.17) is 86.4 Å². The van der Waals surface area contributed by atoms with Crippen molar-refractivity contribution in [1.82, 2.24) is 0 Å². The highest BCUT2D eigenvalue weighted by atomic mass is 28.6. The summed E-state index contributed by atoms with van der Waals surface area (Å²) in [6, 6.07) is 0. The molecule has 0 spiro atoms. The molecule has 0 atom stereocenters. The fourth-order valence-corrected chi connectivity index (χ4v) is 124. The minimum Gasteiger partial charge on any atom is -0.416 e. The maximum Gasteiger partial charge on any atom is 0.314 e. The summed E-state index contributed by atoms with van der Waals surface area (Å²) in [6.45, 7) is 86.8. The monoisotopic (exact) mass is 1550 g/mol. The Labute approximate surface area is 536 Å². The quantitative estimate of drug-likeness (QED) is 0.208. The summed E-state index contributed by atoms with van der Waals surface area (Å²) in [4.78, 5) is 0. The van der Waals surface area contributed by atoms with Gasteiger partial charge in [-0.05, 0) is 275 Å². The SMILES string of the molecule is C[Si]1(C)O[Si](C)(C)O[Si](C)(C)O[Si](C)(C)O[Si](C)(C)O[Si](C)(C)O1.C[Si]1(C)O[Si](C)(C)O[Si](C)(C)O[Si](C)(C)O[Si](C)(C)O[Si](C)(C)O[Si](C)(C)O1.C[Si]1(C)O[Si](C)(C)O[Si](C)(C)O[Si](C)(C)O[Si](C)(C)O[Si](C)(C)O[Si](C)(C)O[Si](C)(C)O1. The average Bonchev–Trinajstić information content (AvgIpc) is 2.94. The van der Waals surface area contributed by atoms with E-state index in [0.717, 1.165) is 0 Å². The van der Waals surface area contributed by atoms with Crippen LogP contribution in [0.15, 0.2) is 0 Å². The highest BCUT2D eigenvalue weighted by Crippen LogP contribution is 2.36. The van der Waals surface area contributed by atoms with Crippen molar-refractivity contribution in [2.45, 2.75) is 275 Å². The highest BCUT2D eigenvalue weighted by Gasteiger charge is 2.56. The van der Waals surface area contributed by atoms with Crippen LogP contribution in [0, 0.1) is 0 Å². The number of rotatable bonds is 0. The zero-order chi connectivity index (χ0) is 67.3. The molecule has 3 aliphatic rings. The van der Waals surface area contributed by atoms with Gasteiger partial charge in [-0.1, -0.05) is 0 Å². The van der Waals surface area contributed by atoms with Crippen molar-refractivity contribution in [1.29, 1.82) is 0 Å². The minimum atomic E-state index is -2.53. The van der Waals surface area contributed by atoms with Gasteiger partial charge < -0.3 is 86.4 Å². The third-order valence-electron chi connectivity index (χ3n) is 10.3. The van der Waals surface area contributed by atoms with Gasteiger partial charge in [-0.25, -0.2) is 0 Å². The van der Waals surface area contributed by atoms with Crippen LogP contribution in [0.1, 0.15) is 0 Å². The van der Waals surface area contributed by atoms with Crippen LogP contribution in [0.25, 0.3) is 0 Å². The van der Waals surface area contributed by atoms with Gasteiger partial charge in [0, 0.05) is 0 Å². The first-order valence-corrected chi connectivity index (χ1v) is 88.7. The molecule has 42 heteroatoms. The standard InChI is InChI=1S/C16H48O8Si8.C14H42O7Si7.C12H36O6Si6/c1-25(2)17-26(3,4)19-28(7,8)21-30(11,12)23-32(15,16)24-31(13,14)22-29(9,10)20-27(5,6)18-25;1-22(2)15-23(3,4)17-25(7,8)19-27(11,12)21-28(13,14)20-26(9,10)18-24(5,6)16-22;1-19(2)13-20(3,4)15-22(7,8)17-24(11,12)18-23(9,10)16-21(5,6)14-19/h1-16H3;1-14H3;1-12H3. The Hall–Kier alpha value is 3.71. The second-order valence-corrected chi connectivity index (χ2v) is 107. The van der Waals surface area contributed by atoms with Gasteiger partial charge in [0.2, 0.25) is 0 Å². The van der Waals surface area contributed by atoms with E-state index in [9.17, 15) is 0 Å². The third kappa shape index (κ3) is 36.6. The van der Waals surface area contributed by atoms with Crippen LogP contribution in [0.4, 0.5) is 0 Å². The molecule has 0 bridgehead atoms. The summed E-state index contributed by atoms with van der Waals surface area (Å²) >= 11 is 0. The van der Waals surface area contributed by atoms with E-state index >= 15 is 0 Å². The van der Waals surface area contributed by atoms with Crippen molar-refractivity contribution in [3.63, 3.8) is 0 Å². The van der Waals surface area contributed by atoms with Gasteiger partial charge in [-0.15, -0.1) is 0 Å². The second kappa shape index (κ2) is 28.0. The van der Waals surface area contributed by atoms with Crippen LogP contribution in [-0.2, 0) is 86.4 Å². The van der Waals surface area contributed by atoms with E-state index in [-0.39, 0.29) is 0 Å². The summed E-state index contributed by atoms with van der Waals surface area (Å²) in [5, 5.41) is 0. The molecule has 0 aromatic heterocycles. The van der Waals surface area contributed by atoms with E-state index in [1.54, 1.807) is 0 Å². The van der Waals surface area contributed by atoms with E-state index in [2.05, 4.69) is 275 Å². The maximum absolute atomic E-state index is 6.60. The molecule has 0 aromatic carbocycles. The van der Waals surface area contributed by atoms with Gasteiger partial charge in [0.25, 0.3) is 0 Å². The smallest absolute Gasteiger partial charge is 0.314 e. The zero-order valence-electron chi connectivity index (χ0n) is 61.1. The molecule has 84 heavy (non-hydrogen) atoms. The summed E-state index contributed by atoms with van der Waals surface area (Å²) in [6.07, 6.45) is 0. The van der Waals surface area contributed by atoms with Crippen molar-refractivity contribution in [3.8, 4) is 0 Å². The summed E-state index contributed by atoms with van der Waals surface area (Å²) in [5.41, 5.74) is 0. The first-order valence-electron chi connectivity index (χ1n) is 29.6. The Morgan fingerprint density at radius 1 is 0.0714 bits per heavy atom. The molecule has 3 heterocycles. The molecule has 3 rings (SSSR count). The predicted octanol–water partition coefficient (Wildman–Crippen LogP) is 15.1. The van der Waals surface area contributed by atoms with Crippen LogP contribution in [0.3, 0.4) is 0 Å². The summed E-state index contributed by atoms with van der Waals surface area (Å²) in [5.74, 6) is 0. The Morgan fingerprint density at radius 2 is 0.0952 bits per heavy atom. The van der Waals surface area contributed by atoms with Gasteiger partial charge in [0.1, 0.15) is 0 Å². The predicted molar refractivity (Wildman–Crippen MR) is 390 cm³/mol. The number of hydrogen-bond donors (Lipinski definition) is 0. The Morgan fingerprint density at radius 3 is 0.119 bits per heavy atom. The topological polar surface area (TPSA) is 194 Å². The van der Waals surface area contributed by atoms with Gasteiger partial charge in [-0.2, -0.15) is 0 Å². The van der Waals surface area contributed by atoms with Crippen molar-refractivity contribution in [2.75, 3.05) is 0 Å². The fraction of sp³-hybridized carbons (Fsp3) is 1.00. The molecule has 3 fully saturated rings. The third-order valence-corrected chi connectivity index (χ3v) is 92.9. The highest BCUT2D eigenvalue weighted by molar-refractivity contribution is 6.97. The summed E-state index contributed by atoms with van der Waals surface area (Å²) in [7, 11) is -51.8. The minimum absolute atomic E-state index is 2.06. The molecular weight excluding hydrogens is 1430 g/mol. The molecule has 3 aliphatic heterocycles. The molecule has 0 amide bonds. The first-order chi connectivity index (χ1) is 35.8. The molecule has 0 N–H and O–H groups in total. The van der Waals surface area contributed by atoms with Gasteiger partial charge in [-0.3, -0.25) is 0 Å².